The third kappa shape index (κ3) is 4.06. The Labute approximate surface area is 102 Å². The molecule has 0 aliphatic carbocycles. The zero-order valence-corrected chi connectivity index (χ0v) is 11.6. The van der Waals surface area contributed by atoms with Crippen molar-refractivity contribution in [3.63, 3.8) is 0 Å². The summed E-state index contributed by atoms with van der Waals surface area (Å²) in [4.78, 5) is 2.71. The smallest absolute Gasteiger partial charge is 0.0116 e. The van der Waals surface area contributed by atoms with E-state index in [9.17, 15) is 0 Å². The van der Waals surface area contributed by atoms with E-state index in [0.717, 1.165) is 17.9 Å². The summed E-state index contributed by atoms with van der Waals surface area (Å²) in [6, 6.07) is 0.802. The highest BCUT2D eigenvalue weighted by molar-refractivity contribution is 4.83. The van der Waals surface area contributed by atoms with Crippen molar-refractivity contribution in [3.05, 3.63) is 0 Å². The molecule has 0 bridgehead atoms. The third-order valence-electron chi connectivity index (χ3n) is 3.83. The van der Waals surface area contributed by atoms with Crippen LogP contribution in [0.2, 0.25) is 0 Å². The molecule has 1 saturated heterocycles. The Kier molecular flexibility index (Phi) is 6.37. The summed E-state index contributed by atoms with van der Waals surface area (Å²) in [6.07, 6.45) is 3.94. The summed E-state index contributed by atoms with van der Waals surface area (Å²) in [6.45, 7) is 14.3. The van der Waals surface area contributed by atoms with Gasteiger partial charge >= 0.3 is 0 Å². The van der Waals surface area contributed by atoms with E-state index in [1.807, 2.05) is 0 Å². The minimum atomic E-state index is 0.798. The average Bonchev–Trinajstić information content (AvgIpc) is 2.67. The van der Waals surface area contributed by atoms with E-state index in [0.29, 0.717) is 0 Å². The molecule has 1 aliphatic heterocycles. The van der Waals surface area contributed by atoms with Crippen LogP contribution in [0.3, 0.4) is 0 Å². The second-order valence-corrected chi connectivity index (χ2v) is 5.57. The van der Waals surface area contributed by atoms with E-state index < -0.39 is 0 Å². The lowest BCUT2D eigenvalue weighted by molar-refractivity contribution is 0.179. The van der Waals surface area contributed by atoms with Gasteiger partial charge in [0, 0.05) is 12.6 Å². The van der Waals surface area contributed by atoms with Crippen LogP contribution >= 0.6 is 0 Å². The van der Waals surface area contributed by atoms with Gasteiger partial charge in [0.2, 0.25) is 0 Å². The Morgan fingerprint density at radius 1 is 1.31 bits per heavy atom. The first kappa shape index (κ1) is 14.0. The van der Waals surface area contributed by atoms with E-state index in [2.05, 4.69) is 37.9 Å². The zero-order valence-electron chi connectivity index (χ0n) is 11.6. The maximum Gasteiger partial charge on any atom is 0.0116 e. The van der Waals surface area contributed by atoms with Gasteiger partial charge in [-0.2, -0.15) is 0 Å². The van der Waals surface area contributed by atoms with Crippen molar-refractivity contribution in [3.8, 4) is 0 Å². The normalized spacial score (nSPS) is 24.2. The fraction of sp³-hybridized carbons (Fsp3) is 1.00. The van der Waals surface area contributed by atoms with Gasteiger partial charge in [0.05, 0.1) is 0 Å². The molecular formula is C14H30N2. The number of rotatable bonds is 7. The molecule has 1 N–H and O–H groups in total. The fourth-order valence-corrected chi connectivity index (χ4v) is 2.96. The first-order valence-corrected chi connectivity index (χ1v) is 7.13. The molecule has 2 heteroatoms. The standard InChI is InChI=1S/C14H30N2/c1-5-8-15-10-13-7-9-16(11-13)14(6-2)12(3)4/h12-15H,5-11H2,1-4H3. The molecular weight excluding hydrogens is 196 g/mol. The Bertz CT molecular complexity index is 180. The van der Waals surface area contributed by atoms with Gasteiger partial charge in [0.25, 0.3) is 0 Å². The number of nitrogens with zero attached hydrogens (tertiary/aromatic N) is 1. The van der Waals surface area contributed by atoms with Crippen LogP contribution in [0.5, 0.6) is 0 Å². The predicted octanol–water partition coefficient (Wildman–Crippen LogP) is 2.74. The summed E-state index contributed by atoms with van der Waals surface area (Å²) in [5.74, 6) is 1.69. The Balaban J connectivity index is 2.28. The molecule has 0 aromatic rings. The van der Waals surface area contributed by atoms with E-state index in [1.54, 1.807) is 0 Å². The molecule has 0 saturated carbocycles. The summed E-state index contributed by atoms with van der Waals surface area (Å²) in [7, 11) is 0. The second-order valence-electron chi connectivity index (χ2n) is 5.57. The molecule has 1 fully saturated rings. The molecule has 0 amide bonds. The van der Waals surface area contributed by atoms with Gasteiger partial charge in [-0.3, -0.25) is 4.90 Å². The van der Waals surface area contributed by atoms with Crippen LogP contribution in [0, 0.1) is 11.8 Å². The minimum absolute atomic E-state index is 0.798. The lowest BCUT2D eigenvalue weighted by atomic mass is 10.0. The molecule has 2 nitrogen and oxygen atoms in total. The highest BCUT2D eigenvalue weighted by atomic mass is 15.2. The van der Waals surface area contributed by atoms with Gasteiger partial charge in [-0.15, -0.1) is 0 Å². The van der Waals surface area contributed by atoms with E-state index >= 15 is 0 Å². The molecule has 0 spiro atoms. The lowest BCUT2D eigenvalue weighted by Crippen LogP contribution is -2.37. The molecule has 1 rings (SSSR count). The Morgan fingerprint density at radius 3 is 2.62 bits per heavy atom. The van der Waals surface area contributed by atoms with Crippen LogP contribution in [0.1, 0.15) is 47.0 Å². The van der Waals surface area contributed by atoms with Crippen LogP contribution in [0.25, 0.3) is 0 Å². The first-order valence-electron chi connectivity index (χ1n) is 7.13. The molecule has 0 aromatic heterocycles. The average molecular weight is 226 g/mol. The molecule has 0 aromatic carbocycles. The minimum Gasteiger partial charge on any atom is -0.316 e. The highest BCUT2D eigenvalue weighted by Gasteiger charge is 2.28. The van der Waals surface area contributed by atoms with Gasteiger partial charge in [0.15, 0.2) is 0 Å². The van der Waals surface area contributed by atoms with Gasteiger partial charge in [-0.05, 0) is 50.7 Å². The van der Waals surface area contributed by atoms with Crippen molar-refractivity contribution >= 4 is 0 Å². The van der Waals surface area contributed by atoms with Crippen LogP contribution < -0.4 is 5.32 Å². The lowest BCUT2D eigenvalue weighted by Gasteiger charge is -2.30. The van der Waals surface area contributed by atoms with E-state index in [4.69, 9.17) is 0 Å². The van der Waals surface area contributed by atoms with Crippen molar-refractivity contribution in [2.75, 3.05) is 26.2 Å². The van der Waals surface area contributed by atoms with Crippen molar-refractivity contribution in [2.24, 2.45) is 11.8 Å². The largest absolute Gasteiger partial charge is 0.316 e. The molecule has 2 atom stereocenters. The van der Waals surface area contributed by atoms with Gasteiger partial charge in [0.1, 0.15) is 0 Å². The van der Waals surface area contributed by atoms with Crippen LogP contribution in [0.15, 0.2) is 0 Å². The second kappa shape index (κ2) is 7.29. The van der Waals surface area contributed by atoms with Crippen molar-refractivity contribution < 1.29 is 0 Å². The maximum atomic E-state index is 3.56. The SMILES string of the molecule is CCCNCC1CCN(C(CC)C(C)C)C1. The van der Waals surface area contributed by atoms with Crippen LogP contribution in [0.4, 0.5) is 0 Å². The number of hydrogen-bond donors (Lipinski definition) is 1. The van der Waals surface area contributed by atoms with Gasteiger partial charge < -0.3 is 5.32 Å². The molecule has 16 heavy (non-hydrogen) atoms. The molecule has 1 heterocycles. The highest BCUT2D eigenvalue weighted by Crippen LogP contribution is 2.23. The molecule has 1 aliphatic rings. The summed E-state index contributed by atoms with van der Waals surface area (Å²) < 4.78 is 0. The van der Waals surface area contributed by atoms with Crippen molar-refractivity contribution in [1.82, 2.24) is 10.2 Å². The number of hydrogen-bond acceptors (Lipinski definition) is 2. The number of likely N-dealkylation sites (tertiary alicyclic amines) is 1. The monoisotopic (exact) mass is 226 g/mol. The molecule has 96 valence electrons. The molecule has 2 unspecified atom stereocenters. The molecule has 0 radical (unpaired) electrons. The summed E-state index contributed by atoms with van der Waals surface area (Å²) in [5, 5.41) is 3.56. The zero-order chi connectivity index (χ0) is 12.0. The van der Waals surface area contributed by atoms with Crippen LogP contribution in [-0.2, 0) is 0 Å². The van der Waals surface area contributed by atoms with Gasteiger partial charge in [-0.1, -0.05) is 27.7 Å². The summed E-state index contributed by atoms with van der Waals surface area (Å²) in [5.41, 5.74) is 0. The third-order valence-corrected chi connectivity index (χ3v) is 3.83. The first-order chi connectivity index (χ1) is 7.69. The quantitative estimate of drug-likeness (QED) is 0.672. The predicted molar refractivity (Wildman–Crippen MR) is 71.8 cm³/mol. The van der Waals surface area contributed by atoms with E-state index in [1.165, 1.54) is 45.4 Å². The van der Waals surface area contributed by atoms with Gasteiger partial charge in [-0.25, -0.2) is 0 Å². The topological polar surface area (TPSA) is 15.3 Å². The Morgan fingerprint density at radius 2 is 2.06 bits per heavy atom. The van der Waals surface area contributed by atoms with Crippen LogP contribution in [-0.4, -0.2) is 37.1 Å². The maximum absolute atomic E-state index is 3.56. The Hall–Kier alpha value is -0.0800. The number of nitrogens with one attached hydrogen (secondary N) is 1. The summed E-state index contributed by atoms with van der Waals surface area (Å²) >= 11 is 0. The van der Waals surface area contributed by atoms with Crippen molar-refractivity contribution in [2.45, 2.75) is 53.0 Å². The van der Waals surface area contributed by atoms with E-state index in [-0.39, 0.29) is 0 Å². The van der Waals surface area contributed by atoms with Crippen molar-refractivity contribution in [1.29, 1.82) is 0 Å². The fourth-order valence-electron chi connectivity index (χ4n) is 2.96.